The van der Waals surface area contributed by atoms with Crippen LogP contribution in [-0.4, -0.2) is 37.0 Å². The fourth-order valence-electron chi connectivity index (χ4n) is 5.33. The number of rotatable bonds is 4. The number of benzene rings is 1. The Labute approximate surface area is 190 Å². The lowest BCUT2D eigenvalue weighted by Gasteiger charge is -2.35. The highest BCUT2D eigenvalue weighted by molar-refractivity contribution is 7.17. The third kappa shape index (κ3) is 3.33. The molecule has 0 bridgehead atoms. The molecule has 0 N–H and O–H groups in total. The number of aryl methyl sites for hydroxylation is 1. The number of carbonyl (C=O) groups is 3. The Hall–Kier alpha value is -2.71. The maximum atomic E-state index is 13.8. The summed E-state index contributed by atoms with van der Waals surface area (Å²) >= 11 is 1.25. The van der Waals surface area contributed by atoms with Crippen LogP contribution in [0.5, 0.6) is 0 Å². The Morgan fingerprint density at radius 2 is 1.81 bits per heavy atom. The van der Waals surface area contributed by atoms with E-state index < -0.39 is 23.9 Å². The predicted octanol–water partition coefficient (Wildman–Crippen LogP) is 4.10. The van der Waals surface area contributed by atoms with Crippen molar-refractivity contribution in [2.24, 2.45) is 11.8 Å². The molecule has 5 rings (SSSR count). The summed E-state index contributed by atoms with van der Waals surface area (Å²) in [7, 11) is 1.29. The fourth-order valence-corrected chi connectivity index (χ4v) is 6.34. The van der Waals surface area contributed by atoms with Crippen molar-refractivity contribution in [2.75, 3.05) is 17.1 Å². The first kappa shape index (κ1) is 21.2. The van der Waals surface area contributed by atoms with E-state index in [0.717, 1.165) is 41.1 Å². The molecule has 3 unspecified atom stereocenters. The van der Waals surface area contributed by atoms with Crippen LogP contribution in [0.3, 0.4) is 0 Å². The molecular weight excluding hydrogens is 428 g/mol. The van der Waals surface area contributed by atoms with Gasteiger partial charge in [0.25, 0.3) is 5.91 Å². The average molecular weight is 455 g/mol. The van der Waals surface area contributed by atoms with Crippen LogP contribution >= 0.6 is 11.3 Å². The number of imide groups is 1. The second kappa shape index (κ2) is 8.33. The van der Waals surface area contributed by atoms with Crippen LogP contribution in [0.4, 0.5) is 10.7 Å². The van der Waals surface area contributed by atoms with Gasteiger partial charge in [-0.15, -0.1) is 11.3 Å². The maximum Gasteiger partial charge on any atom is 0.340 e. The van der Waals surface area contributed by atoms with Gasteiger partial charge in [-0.3, -0.25) is 14.4 Å². The third-order valence-electron chi connectivity index (χ3n) is 6.75. The summed E-state index contributed by atoms with van der Waals surface area (Å²) in [5.41, 5.74) is 1.10. The molecule has 32 heavy (non-hydrogen) atoms. The van der Waals surface area contributed by atoms with E-state index in [4.69, 9.17) is 9.57 Å². The third-order valence-corrected chi connectivity index (χ3v) is 7.78. The smallest absolute Gasteiger partial charge is 0.340 e. The minimum absolute atomic E-state index is 0.216. The number of amides is 2. The number of esters is 1. The molecule has 3 heterocycles. The van der Waals surface area contributed by atoms with Crippen molar-refractivity contribution >= 4 is 39.8 Å². The lowest BCUT2D eigenvalue weighted by molar-refractivity contribution is -0.126. The van der Waals surface area contributed by atoms with Crippen molar-refractivity contribution in [1.82, 2.24) is 0 Å². The average Bonchev–Trinajstić information content (AvgIpc) is 3.47. The molecule has 168 valence electrons. The van der Waals surface area contributed by atoms with Gasteiger partial charge in [-0.25, -0.2) is 14.8 Å². The molecule has 1 aromatic carbocycles. The van der Waals surface area contributed by atoms with Crippen LogP contribution in [0, 0.1) is 18.8 Å². The number of carbonyl (C=O) groups excluding carboxylic acids is 3. The number of nitrogens with zero attached hydrogens (tertiary/aromatic N) is 2. The summed E-state index contributed by atoms with van der Waals surface area (Å²) in [5, 5.41) is 2.13. The summed E-state index contributed by atoms with van der Waals surface area (Å²) in [4.78, 5) is 47.8. The summed E-state index contributed by atoms with van der Waals surface area (Å²) in [5.74, 6) is -1.59. The zero-order chi connectivity index (χ0) is 22.4. The Balaban J connectivity index is 1.54. The molecule has 1 aliphatic carbocycles. The van der Waals surface area contributed by atoms with E-state index in [9.17, 15) is 14.4 Å². The molecule has 0 radical (unpaired) electrons. The van der Waals surface area contributed by atoms with Gasteiger partial charge in [0.05, 0.1) is 24.4 Å². The van der Waals surface area contributed by atoms with Crippen molar-refractivity contribution in [2.45, 2.75) is 51.2 Å². The van der Waals surface area contributed by atoms with Gasteiger partial charge in [0.2, 0.25) is 5.91 Å². The van der Waals surface area contributed by atoms with E-state index in [2.05, 4.69) is 0 Å². The molecule has 2 amide bonds. The number of hydroxylamine groups is 1. The maximum absolute atomic E-state index is 13.8. The van der Waals surface area contributed by atoms with Crippen molar-refractivity contribution in [1.29, 1.82) is 0 Å². The van der Waals surface area contributed by atoms with Gasteiger partial charge in [-0.05, 0) is 43.9 Å². The molecule has 2 aliphatic heterocycles. The van der Waals surface area contributed by atoms with Crippen LogP contribution in [0.15, 0.2) is 36.4 Å². The quantitative estimate of drug-likeness (QED) is 0.511. The topological polar surface area (TPSA) is 76.2 Å². The molecular formula is C24H26N2O5S. The Morgan fingerprint density at radius 3 is 2.50 bits per heavy atom. The summed E-state index contributed by atoms with van der Waals surface area (Å²) in [6.45, 7) is 1.84. The number of para-hydroxylation sites is 1. The molecule has 8 heteroatoms. The van der Waals surface area contributed by atoms with E-state index >= 15 is 0 Å². The van der Waals surface area contributed by atoms with Crippen LogP contribution < -0.4 is 9.96 Å². The van der Waals surface area contributed by atoms with Crippen LogP contribution in [0.2, 0.25) is 0 Å². The van der Waals surface area contributed by atoms with Crippen molar-refractivity contribution in [3.8, 4) is 0 Å². The summed E-state index contributed by atoms with van der Waals surface area (Å²) < 4.78 is 4.88. The monoisotopic (exact) mass is 454 g/mol. The molecule has 7 nitrogen and oxygen atoms in total. The van der Waals surface area contributed by atoms with Gasteiger partial charge < -0.3 is 4.74 Å². The SMILES string of the molecule is COC(=O)c1cc(C)sc1N1C(=O)C2ON(c3ccccc3)C(C3CCCCC3)C2C1=O. The Bertz CT molecular complexity index is 1050. The number of ether oxygens (including phenoxy) is 1. The minimum atomic E-state index is -0.887. The molecule has 2 aromatic rings. The number of thiophene rings is 1. The molecule has 1 saturated carbocycles. The molecule has 0 spiro atoms. The Kier molecular flexibility index (Phi) is 5.51. The highest BCUT2D eigenvalue weighted by Crippen LogP contribution is 2.47. The normalized spacial score (nSPS) is 26.0. The first-order chi connectivity index (χ1) is 15.5. The first-order valence-corrected chi connectivity index (χ1v) is 11.9. The second-order valence-corrected chi connectivity index (χ2v) is 9.92. The van der Waals surface area contributed by atoms with Gasteiger partial charge in [-0.2, -0.15) is 0 Å². The summed E-state index contributed by atoms with van der Waals surface area (Å²) in [6.07, 6.45) is 4.55. The zero-order valence-corrected chi connectivity index (χ0v) is 19.0. The number of fused-ring (bicyclic) bond motifs is 1. The van der Waals surface area contributed by atoms with Crippen molar-refractivity contribution in [3.05, 3.63) is 46.8 Å². The largest absolute Gasteiger partial charge is 0.465 e. The number of methoxy groups -OCH3 is 1. The lowest BCUT2D eigenvalue weighted by atomic mass is 9.77. The molecule has 3 fully saturated rings. The van der Waals surface area contributed by atoms with Gasteiger partial charge in [0.15, 0.2) is 6.10 Å². The molecule has 1 aromatic heterocycles. The number of hydrogen-bond donors (Lipinski definition) is 0. The summed E-state index contributed by atoms with van der Waals surface area (Å²) in [6, 6.07) is 11.1. The molecule has 3 atom stereocenters. The fraction of sp³-hybridized carbons (Fsp3) is 0.458. The lowest BCUT2D eigenvalue weighted by Crippen LogP contribution is -2.45. The van der Waals surface area contributed by atoms with E-state index in [-0.39, 0.29) is 23.4 Å². The van der Waals surface area contributed by atoms with E-state index in [1.807, 2.05) is 37.3 Å². The molecule has 2 saturated heterocycles. The van der Waals surface area contributed by atoms with Crippen LogP contribution in [0.1, 0.15) is 47.3 Å². The van der Waals surface area contributed by atoms with Gasteiger partial charge in [0, 0.05) is 4.88 Å². The van der Waals surface area contributed by atoms with E-state index in [1.165, 1.54) is 24.9 Å². The van der Waals surface area contributed by atoms with Crippen molar-refractivity contribution < 1.29 is 24.0 Å². The van der Waals surface area contributed by atoms with Gasteiger partial charge in [0.1, 0.15) is 10.9 Å². The number of hydrogen-bond acceptors (Lipinski definition) is 7. The van der Waals surface area contributed by atoms with Crippen LogP contribution in [-0.2, 0) is 19.2 Å². The van der Waals surface area contributed by atoms with E-state index in [0.29, 0.717) is 5.00 Å². The highest BCUT2D eigenvalue weighted by atomic mass is 32.1. The number of anilines is 2. The molecule has 3 aliphatic rings. The zero-order valence-electron chi connectivity index (χ0n) is 18.2. The standard InChI is InChI=1S/C24H26N2O5S/c1-14-13-17(24(29)30-2)23(32-14)25-21(27)18-19(15-9-5-3-6-10-15)26(31-20(18)22(25)28)16-11-7-4-8-12-16/h4,7-8,11-13,15,18-20H,3,5-6,9-10H2,1-2H3. The first-order valence-electron chi connectivity index (χ1n) is 11.1. The van der Waals surface area contributed by atoms with Crippen LogP contribution in [0.25, 0.3) is 0 Å². The highest BCUT2D eigenvalue weighted by Gasteiger charge is 2.62. The van der Waals surface area contributed by atoms with E-state index in [1.54, 1.807) is 11.1 Å². The second-order valence-electron chi connectivity index (χ2n) is 8.68. The Morgan fingerprint density at radius 1 is 1.09 bits per heavy atom. The minimum Gasteiger partial charge on any atom is -0.465 e. The van der Waals surface area contributed by atoms with Crippen molar-refractivity contribution in [3.63, 3.8) is 0 Å². The van der Waals surface area contributed by atoms with Gasteiger partial charge >= 0.3 is 5.97 Å². The van der Waals surface area contributed by atoms with Gasteiger partial charge in [-0.1, -0.05) is 37.5 Å². The predicted molar refractivity (Wildman–Crippen MR) is 121 cm³/mol.